The van der Waals surface area contributed by atoms with E-state index < -0.39 is 34.3 Å². The maximum atomic E-state index is 13.9. The van der Waals surface area contributed by atoms with Crippen LogP contribution in [0.5, 0.6) is 23.0 Å². The fourth-order valence-electron chi connectivity index (χ4n) is 3.65. The van der Waals surface area contributed by atoms with E-state index in [0.717, 1.165) is 4.31 Å². The van der Waals surface area contributed by atoms with Gasteiger partial charge < -0.3 is 24.3 Å². The van der Waals surface area contributed by atoms with Crippen molar-refractivity contribution in [2.24, 2.45) is 0 Å². The van der Waals surface area contributed by atoms with E-state index in [0.29, 0.717) is 17.1 Å². The molecule has 0 aliphatic heterocycles. The standard InChI is InChI=1S/C26H29FN2O7S/c1-17(18-6-8-19(27)9-7-18)28-26(30)16-29(22-14-20(33-2)10-12-23(22)34-3)37(31,32)21-11-13-24(35-4)25(15-21)36-5/h6-15,17H,16H2,1-5H3,(H,28,30). The van der Waals surface area contributed by atoms with Crippen LogP contribution in [0.3, 0.4) is 0 Å². The summed E-state index contributed by atoms with van der Waals surface area (Å²) >= 11 is 0. The number of nitrogens with one attached hydrogen (secondary N) is 1. The number of nitrogens with zero attached hydrogens (tertiary/aromatic N) is 1. The summed E-state index contributed by atoms with van der Waals surface area (Å²) in [5, 5.41) is 2.76. The van der Waals surface area contributed by atoms with Gasteiger partial charge in [-0.25, -0.2) is 12.8 Å². The van der Waals surface area contributed by atoms with Crippen LogP contribution < -0.4 is 28.6 Å². The molecule has 0 heterocycles. The van der Waals surface area contributed by atoms with Gasteiger partial charge >= 0.3 is 0 Å². The van der Waals surface area contributed by atoms with Crippen molar-refractivity contribution in [3.63, 3.8) is 0 Å². The second-order valence-corrected chi connectivity index (χ2v) is 9.77. The van der Waals surface area contributed by atoms with Gasteiger partial charge in [-0.1, -0.05) is 12.1 Å². The van der Waals surface area contributed by atoms with Crippen molar-refractivity contribution >= 4 is 21.6 Å². The molecular weight excluding hydrogens is 503 g/mol. The van der Waals surface area contributed by atoms with E-state index in [2.05, 4.69) is 5.32 Å². The number of benzene rings is 3. The van der Waals surface area contributed by atoms with Crippen molar-refractivity contribution in [3.05, 3.63) is 72.0 Å². The number of ether oxygens (including phenoxy) is 4. The zero-order valence-electron chi connectivity index (χ0n) is 21.1. The Hall–Kier alpha value is -3.99. The van der Waals surface area contributed by atoms with Crippen LogP contribution >= 0.6 is 0 Å². The number of rotatable bonds is 11. The molecule has 3 aromatic rings. The van der Waals surface area contributed by atoms with E-state index in [1.165, 1.54) is 64.8 Å². The highest BCUT2D eigenvalue weighted by molar-refractivity contribution is 7.92. The number of methoxy groups -OCH3 is 4. The number of carbonyl (C=O) groups excluding carboxylic acids is 1. The van der Waals surface area contributed by atoms with E-state index in [4.69, 9.17) is 18.9 Å². The number of carbonyl (C=O) groups is 1. The van der Waals surface area contributed by atoms with Gasteiger partial charge in [0, 0.05) is 12.1 Å². The molecule has 37 heavy (non-hydrogen) atoms. The molecule has 11 heteroatoms. The summed E-state index contributed by atoms with van der Waals surface area (Å²) < 4.78 is 63.2. The average Bonchev–Trinajstić information content (AvgIpc) is 2.91. The molecule has 0 fully saturated rings. The van der Waals surface area contributed by atoms with Crippen LogP contribution in [0, 0.1) is 5.82 Å². The number of anilines is 1. The Morgan fingerprint density at radius 1 is 0.865 bits per heavy atom. The summed E-state index contributed by atoms with van der Waals surface area (Å²) in [7, 11) is 1.34. The first-order chi connectivity index (χ1) is 17.6. The second kappa shape index (κ2) is 11.8. The molecule has 0 aliphatic carbocycles. The van der Waals surface area contributed by atoms with E-state index in [1.807, 2.05) is 0 Å². The number of hydrogen-bond donors (Lipinski definition) is 1. The number of halogens is 1. The summed E-state index contributed by atoms with van der Waals surface area (Å²) in [5.41, 5.74) is 0.754. The lowest BCUT2D eigenvalue weighted by atomic mass is 10.1. The molecule has 0 bridgehead atoms. The highest BCUT2D eigenvalue weighted by Crippen LogP contribution is 2.37. The lowest BCUT2D eigenvalue weighted by Crippen LogP contribution is -2.41. The van der Waals surface area contributed by atoms with Crippen LogP contribution in [-0.2, 0) is 14.8 Å². The first kappa shape index (κ1) is 27.6. The molecule has 1 N–H and O–H groups in total. The monoisotopic (exact) mass is 532 g/mol. The zero-order valence-corrected chi connectivity index (χ0v) is 22.0. The Labute approximate surface area is 215 Å². The SMILES string of the molecule is COc1ccc(OC)c(N(CC(=O)NC(C)c2ccc(F)cc2)S(=O)(=O)c2ccc(OC)c(OC)c2)c1. The van der Waals surface area contributed by atoms with Gasteiger partial charge in [0.25, 0.3) is 10.0 Å². The molecule has 0 aliphatic rings. The average molecular weight is 533 g/mol. The molecule has 9 nitrogen and oxygen atoms in total. The van der Waals surface area contributed by atoms with Crippen LogP contribution in [0.1, 0.15) is 18.5 Å². The third-order valence-electron chi connectivity index (χ3n) is 5.63. The predicted molar refractivity (Wildman–Crippen MR) is 137 cm³/mol. The van der Waals surface area contributed by atoms with E-state index in [-0.39, 0.29) is 22.1 Å². The molecular formula is C26H29FN2O7S. The lowest BCUT2D eigenvalue weighted by Gasteiger charge is -2.27. The molecule has 0 radical (unpaired) electrons. The molecule has 0 saturated heterocycles. The van der Waals surface area contributed by atoms with Crippen molar-refractivity contribution in [3.8, 4) is 23.0 Å². The van der Waals surface area contributed by atoms with Crippen molar-refractivity contribution in [1.29, 1.82) is 0 Å². The summed E-state index contributed by atoms with van der Waals surface area (Å²) in [4.78, 5) is 13.0. The molecule has 1 atom stereocenters. The maximum Gasteiger partial charge on any atom is 0.265 e. The fourth-order valence-corrected chi connectivity index (χ4v) is 5.09. The summed E-state index contributed by atoms with van der Waals surface area (Å²) in [6.45, 7) is 1.14. The van der Waals surface area contributed by atoms with Crippen molar-refractivity contribution in [2.75, 3.05) is 39.3 Å². The van der Waals surface area contributed by atoms with Gasteiger partial charge in [0.2, 0.25) is 5.91 Å². The molecule has 1 amide bonds. The lowest BCUT2D eigenvalue weighted by molar-refractivity contribution is -0.120. The van der Waals surface area contributed by atoms with Crippen molar-refractivity contribution in [1.82, 2.24) is 5.32 Å². The van der Waals surface area contributed by atoms with Crippen LogP contribution in [0.2, 0.25) is 0 Å². The second-order valence-electron chi connectivity index (χ2n) is 7.91. The van der Waals surface area contributed by atoms with Gasteiger partial charge in [-0.15, -0.1) is 0 Å². The smallest absolute Gasteiger partial charge is 0.265 e. The Kier molecular flexibility index (Phi) is 8.82. The van der Waals surface area contributed by atoms with Gasteiger partial charge in [-0.05, 0) is 48.9 Å². The zero-order chi connectivity index (χ0) is 27.2. The minimum Gasteiger partial charge on any atom is -0.497 e. The van der Waals surface area contributed by atoms with E-state index in [9.17, 15) is 17.6 Å². The first-order valence-electron chi connectivity index (χ1n) is 11.2. The third-order valence-corrected chi connectivity index (χ3v) is 7.39. The largest absolute Gasteiger partial charge is 0.497 e. The Bertz CT molecular complexity index is 1350. The van der Waals surface area contributed by atoms with Gasteiger partial charge in [-0.3, -0.25) is 9.10 Å². The van der Waals surface area contributed by atoms with Gasteiger partial charge in [-0.2, -0.15) is 0 Å². The fraction of sp³-hybridized carbons (Fsp3) is 0.269. The minimum absolute atomic E-state index is 0.0984. The Balaban J connectivity index is 2.04. The summed E-state index contributed by atoms with van der Waals surface area (Å²) in [6, 6.07) is 13.9. The highest BCUT2D eigenvalue weighted by atomic mass is 32.2. The van der Waals surface area contributed by atoms with Gasteiger partial charge in [0.05, 0.1) is 45.1 Å². The molecule has 0 aromatic heterocycles. The van der Waals surface area contributed by atoms with E-state index >= 15 is 0 Å². The maximum absolute atomic E-state index is 13.9. The highest BCUT2D eigenvalue weighted by Gasteiger charge is 2.31. The summed E-state index contributed by atoms with van der Waals surface area (Å²) in [5.74, 6) is 0.131. The predicted octanol–water partition coefficient (Wildman–Crippen LogP) is 3.93. The van der Waals surface area contributed by atoms with Crippen molar-refractivity contribution < 1.29 is 36.6 Å². The molecule has 0 saturated carbocycles. The molecule has 1 unspecified atom stereocenters. The Morgan fingerprint density at radius 2 is 1.49 bits per heavy atom. The first-order valence-corrected chi connectivity index (χ1v) is 12.6. The van der Waals surface area contributed by atoms with Crippen LogP contribution in [0.25, 0.3) is 0 Å². The normalized spacial score (nSPS) is 11.8. The van der Waals surface area contributed by atoms with Crippen molar-refractivity contribution in [2.45, 2.75) is 17.9 Å². The molecule has 0 spiro atoms. The molecule has 3 aromatic carbocycles. The number of sulfonamides is 1. The number of hydrogen-bond acceptors (Lipinski definition) is 7. The van der Waals surface area contributed by atoms with Crippen LogP contribution in [0.4, 0.5) is 10.1 Å². The van der Waals surface area contributed by atoms with Gasteiger partial charge in [0.1, 0.15) is 23.9 Å². The van der Waals surface area contributed by atoms with Crippen LogP contribution in [-0.4, -0.2) is 49.3 Å². The Morgan fingerprint density at radius 3 is 2.08 bits per heavy atom. The molecule has 198 valence electrons. The number of amides is 1. The van der Waals surface area contributed by atoms with E-state index in [1.54, 1.807) is 31.2 Å². The molecule has 3 rings (SSSR count). The summed E-state index contributed by atoms with van der Waals surface area (Å²) in [6.07, 6.45) is 0. The van der Waals surface area contributed by atoms with Crippen LogP contribution in [0.15, 0.2) is 65.6 Å². The minimum atomic E-state index is -4.32. The topological polar surface area (TPSA) is 103 Å². The quantitative estimate of drug-likeness (QED) is 0.399. The third kappa shape index (κ3) is 6.23. The van der Waals surface area contributed by atoms with Gasteiger partial charge in [0.15, 0.2) is 11.5 Å².